The van der Waals surface area contributed by atoms with Gasteiger partial charge in [-0.05, 0) is 43.2 Å². The van der Waals surface area contributed by atoms with Gasteiger partial charge in [0.15, 0.2) is 0 Å². The van der Waals surface area contributed by atoms with Crippen LogP contribution in [0.3, 0.4) is 0 Å². The Kier molecular flexibility index (Phi) is 5.37. The molecule has 1 heterocycles. The van der Waals surface area contributed by atoms with Crippen molar-refractivity contribution in [2.45, 2.75) is 79.3 Å². The molecule has 0 saturated carbocycles. The number of aromatic nitrogens is 1. The molecule has 0 aliphatic carbocycles. The lowest BCUT2D eigenvalue weighted by Gasteiger charge is -2.44. The largest absolute Gasteiger partial charge is 0.309 e. The third kappa shape index (κ3) is 4.31. The lowest BCUT2D eigenvalue weighted by Crippen LogP contribution is -2.54. The van der Waals surface area contributed by atoms with E-state index in [0.29, 0.717) is 12.0 Å². The van der Waals surface area contributed by atoms with Gasteiger partial charge in [-0.25, -0.2) is 0 Å². The average molecular weight is 276 g/mol. The average Bonchev–Trinajstić information content (AvgIpc) is 2.27. The van der Waals surface area contributed by atoms with E-state index in [9.17, 15) is 0 Å². The first kappa shape index (κ1) is 17.2. The summed E-state index contributed by atoms with van der Waals surface area (Å²) in [5.74, 6) is 0.496. The van der Waals surface area contributed by atoms with Crippen LogP contribution in [-0.4, -0.2) is 16.6 Å². The maximum absolute atomic E-state index is 4.58. The molecule has 114 valence electrons. The molecule has 1 N–H and O–H groups in total. The molecule has 0 amide bonds. The van der Waals surface area contributed by atoms with E-state index >= 15 is 0 Å². The van der Waals surface area contributed by atoms with E-state index in [-0.39, 0.29) is 11.0 Å². The van der Waals surface area contributed by atoms with E-state index in [0.717, 1.165) is 6.42 Å². The van der Waals surface area contributed by atoms with Crippen LogP contribution in [0.15, 0.2) is 18.3 Å². The first-order valence-electron chi connectivity index (χ1n) is 7.78. The summed E-state index contributed by atoms with van der Waals surface area (Å²) < 4.78 is 0. The smallest absolute Gasteiger partial charge is 0.0429 e. The maximum atomic E-state index is 4.58. The van der Waals surface area contributed by atoms with Crippen molar-refractivity contribution in [1.82, 2.24) is 10.3 Å². The summed E-state index contributed by atoms with van der Waals surface area (Å²) in [7, 11) is 0. The molecule has 1 rings (SSSR count). The molecule has 0 spiro atoms. The first-order chi connectivity index (χ1) is 9.05. The van der Waals surface area contributed by atoms with E-state index in [2.05, 4.69) is 77.8 Å². The topological polar surface area (TPSA) is 24.9 Å². The van der Waals surface area contributed by atoms with E-state index in [1.165, 1.54) is 11.3 Å². The van der Waals surface area contributed by atoms with E-state index in [1.54, 1.807) is 0 Å². The molecular formula is C18H32N2. The molecule has 2 nitrogen and oxygen atoms in total. The summed E-state index contributed by atoms with van der Waals surface area (Å²) in [6.07, 6.45) is 3.08. The Morgan fingerprint density at radius 2 is 1.65 bits per heavy atom. The highest BCUT2D eigenvalue weighted by atomic mass is 15.0. The second-order valence-electron chi connectivity index (χ2n) is 7.73. The quantitative estimate of drug-likeness (QED) is 0.824. The maximum Gasteiger partial charge on any atom is 0.0429 e. The third-order valence-corrected chi connectivity index (χ3v) is 4.43. The molecule has 1 aromatic heterocycles. The molecule has 20 heavy (non-hydrogen) atoms. The van der Waals surface area contributed by atoms with Crippen LogP contribution in [0.25, 0.3) is 0 Å². The lowest BCUT2D eigenvalue weighted by molar-refractivity contribution is 0.142. The minimum absolute atomic E-state index is 0.0812. The SMILES string of the molecule is CC(C)NC(C)(C)C(C)(C)Cc1ccc(C(C)C)nc1. The van der Waals surface area contributed by atoms with Gasteiger partial charge in [0.05, 0.1) is 0 Å². The van der Waals surface area contributed by atoms with Crippen LogP contribution in [0.1, 0.15) is 72.6 Å². The molecule has 0 saturated heterocycles. The van der Waals surface area contributed by atoms with Crippen LogP contribution in [0.2, 0.25) is 0 Å². The van der Waals surface area contributed by atoms with Crippen LogP contribution in [0, 0.1) is 5.41 Å². The molecule has 0 unspecified atom stereocenters. The monoisotopic (exact) mass is 276 g/mol. The normalized spacial score (nSPS) is 13.3. The van der Waals surface area contributed by atoms with Crippen molar-refractivity contribution in [3.8, 4) is 0 Å². The summed E-state index contributed by atoms with van der Waals surface area (Å²) in [5.41, 5.74) is 2.74. The fourth-order valence-electron chi connectivity index (χ4n) is 2.53. The second-order valence-corrected chi connectivity index (χ2v) is 7.73. The molecule has 2 heteroatoms. The number of rotatable bonds is 6. The van der Waals surface area contributed by atoms with Gasteiger partial charge in [-0.1, -0.05) is 47.6 Å². The third-order valence-electron chi connectivity index (χ3n) is 4.43. The Labute approximate surface area is 125 Å². The van der Waals surface area contributed by atoms with Gasteiger partial charge in [-0.2, -0.15) is 0 Å². The van der Waals surface area contributed by atoms with Crippen LogP contribution in [0.4, 0.5) is 0 Å². The molecule has 0 atom stereocenters. The van der Waals surface area contributed by atoms with Gasteiger partial charge in [0, 0.05) is 23.5 Å². The predicted molar refractivity (Wildman–Crippen MR) is 88.2 cm³/mol. The van der Waals surface area contributed by atoms with Gasteiger partial charge in [0.25, 0.3) is 0 Å². The lowest BCUT2D eigenvalue weighted by atomic mass is 9.70. The molecular weight excluding hydrogens is 244 g/mol. The number of nitrogens with zero attached hydrogens (tertiary/aromatic N) is 1. The molecule has 0 radical (unpaired) electrons. The molecule has 0 bridgehead atoms. The Morgan fingerprint density at radius 1 is 1.05 bits per heavy atom. The molecule has 0 aliphatic rings. The van der Waals surface area contributed by atoms with Crippen molar-refractivity contribution in [3.05, 3.63) is 29.6 Å². The van der Waals surface area contributed by atoms with Crippen molar-refractivity contribution >= 4 is 0 Å². The van der Waals surface area contributed by atoms with Gasteiger partial charge < -0.3 is 5.32 Å². The van der Waals surface area contributed by atoms with Gasteiger partial charge in [-0.15, -0.1) is 0 Å². The Hall–Kier alpha value is -0.890. The fourth-order valence-corrected chi connectivity index (χ4v) is 2.53. The van der Waals surface area contributed by atoms with Crippen molar-refractivity contribution in [3.63, 3.8) is 0 Å². The van der Waals surface area contributed by atoms with Gasteiger partial charge in [0.1, 0.15) is 0 Å². The Balaban J connectivity index is 2.84. The summed E-state index contributed by atoms with van der Waals surface area (Å²) in [4.78, 5) is 4.58. The van der Waals surface area contributed by atoms with Crippen LogP contribution < -0.4 is 5.32 Å². The first-order valence-corrected chi connectivity index (χ1v) is 7.78. The number of nitrogens with one attached hydrogen (secondary N) is 1. The summed E-state index contributed by atoms with van der Waals surface area (Å²) in [5, 5.41) is 3.69. The number of hydrogen-bond donors (Lipinski definition) is 1. The minimum atomic E-state index is 0.0812. The van der Waals surface area contributed by atoms with Crippen LogP contribution >= 0.6 is 0 Å². The molecule has 0 aliphatic heterocycles. The van der Waals surface area contributed by atoms with Crippen molar-refractivity contribution in [2.75, 3.05) is 0 Å². The zero-order chi connectivity index (χ0) is 15.6. The highest BCUT2D eigenvalue weighted by Gasteiger charge is 2.37. The fraction of sp³-hybridized carbons (Fsp3) is 0.722. The zero-order valence-corrected chi connectivity index (χ0v) is 14.5. The molecule has 0 fully saturated rings. The van der Waals surface area contributed by atoms with E-state index < -0.39 is 0 Å². The Morgan fingerprint density at radius 3 is 2.05 bits per heavy atom. The Bertz CT molecular complexity index is 414. The van der Waals surface area contributed by atoms with Crippen LogP contribution in [0.5, 0.6) is 0 Å². The summed E-state index contributed by atoms with van der Waals surface area (Å²) in [6.45, 7) is 18.0. The number of pyridine rings is 1. The standard InChI is InChI=1S/C18H32N2/c1-13(2)16-10-9-15(12-19-16)11-17(5,6)18(7,8)20-14(3)4/h9-10,12-14,20H,11H2,1-8H3. The highest BCUT2D eigenvalue weighted by Crippen LogP contribution is 2.34. The van der Waals surface area contributed by atoms with E-state index in [4.69, 9.17) is 0 Å². The summed E-state index contributed by atoms with van der Waals surface area (Å²) in [6, 6.07) is 4.89. The number of hydrogen-bond acceptors (Lipinski definition) is 2. The van der Waals surface area contributed by atoms with Gasteiger partial charge >= 0.3 is 0 Å². The van der Waals surface area contributed by atoms with Crippen molar-refractivity contribution < 1.29 is 0 Å². The van der Waals surface area contributed by atoms with E-state index in [1.807, 2.05) is 6.20 Å². The van der Waals surface area contributed by atoms with Gasteiger partial charge in [-0.3, -0.25) is 4.98 Å². The second kappa shape index (κ2) is 6.26. The summed E-state index contributed by atoms with van der Waals surface area (Å²) >= 11 is 0. The predicted octanol–water partition coefficient (Wildman–Crippen LogP) is 4.55. The van der Waals surface area contributed by atoms with Crippen molar-refractivity contribution in [1.29, 1.82) is 0 Å². The highest BCUT2D eigenvalue weighted by molar-refractivity contribution is 5.18. The van der Waals surface area contributed by atoms with Crippen LogP contribution in [-0.2, 0) is 6.42 Å². The molecule has 1 aromatic rings. The molecule has 0 aromatic carbocycles. The van der Waals surface area contributed by atoms with Crippen molar-refractivity contribution in [2.24, 2.45) is 5.41 Å². The zero-order valence-electron chi connectivity index (χ0n) is 14.5. The minimum Gasteiger partial charge on any atom is -0.309 e. The van der Waals surface area contributed by atoms with Gasteiger partial charge in [0.2, 0.25) is 0 Å².